The van der Waals surface area contributed by atoms with Crippen molar-refractivity contribution in [2.75, 3.05) is 19.5 Å². The summed E-state index contributed by atoms with van der Waals surface area (Å²) in [6.45, 7) is 2.45. The summed E-state index contributed by atoms with van der Waals surface area (Å²) < 4.78 is 12.2. The summed E-state index contributed by atoms with van der Waals surface area (Å²) in [5, 5.41) is 8.54. The lowest BCUT2D eigenvalue weighted by Gasteiger charge is -2.09. The summed E-state index contributed by atoms with van der Waals surface area (Å²) in [5.74, 6) is 1.68. The first-order chi connectivity index (χ1) is 11.1. The lowest BCUT2D eigenvalue weighted by atomic mass is 10.2. The van der Waals surface area contributed by atoms with Gasteiger partial charge in [-0.25, -0.2) is 9.97 Å². The molecule has 120 valence electrons. The number of aryl methyl sites for hydroxylation is 2. The molecule has 0 unspecified atom stereocenters. The van der Waals surface area contributed by atoms with E-state index in [9.17, 15) is 0 Å². The fraction of sp³-hybridized carbons (Fsp3) is 0.333. The van der Waals surface area contributed by atoms with Crippen LogP contribution in [0.5, 0.6) is 11.6 Å². The number of aromatic nitrogens is 5. The molecule has 0 saturated heterocycles. The second-order valence-electron chi connectivity index (χ2n) is 5.04. The van der Waals surface area contributed by atoms with Gasteiger partial charge in [0.2, 0.25) is 11.8 Å². The van der Waals surface area contributed by atoms with Gasteiger partial charge in [-0.2, -0.15) is 10.1 Å². The molecule has 0 fully saturated rings. The van der Waals surface area contributed by atoms with Crippen LogP contribution in [-0.2, 0) is 13.6 Å². The Morgan fingerprint density at radius 2 is 1.91 bits per heavy atom. The van der Waals surface area contributed by atoms with Gasteiger partial charge in [0.05, 0.1) is 32.3 Å². The first kappa shape index (κ1) is 15.0. The van der Waals surface area contributed by atoms with Crippen LogP contribution in [0.25, 0.3) is 11.0 Å². The summed E-state index contributed by atoms with van der Waals surface area (Å²) in [7, 11) is 5.05. The van der Waals surface area contributed by atoms with E-state index in [1.807, 2.05) is 20.0 Å². The van der Waals surface area contributed by atoms with Gasteiger partial charge in [0.1, 0.15) is 0 Å². The van der Waals surface area contributed by atoms with Gasteiger partial charge in [0.15, 0.2) is 11.4 Å². The lowest BCUT2D eigenvalue weighted by Crippen LogP contribution is -2.06. The summed E-state index contributed by atoms with van der Waals surface area (Å²) in [6.07, 6.45) is 3.22. The molecule has 0 bridgehead atoms. The topological polar surface area (TPSA) is 87.0 Å². The average Bonchev–Trinajstić information content (AvgIpc) is 2.86. The maximum absolute atomic E-state index is 5.39. The van der Waals surface area contributed by atoms with Gasteiger partial charge in [-0.1, -0.05) is 0 Å². The summed E-state index contributed by atoms with van der Waals surface area (Å²) in [5.41, 5.74) is 2.64. The Kier molecular flexibility index (Phi) is 3.96. The molecular weight excluding hydrogens is 296 g/mol. The molecule has 0 aliphatic carbocycles. The van der Waals surface area contributed by atoms with E-state index in [0.29, 0.717) is 24.1 Å². The van der Waals surface area contributed by atoms with E-state index < -0.39 is 0 Å². The summed E-state index contributed by atoms with van der Waals surface area (Å²) in [6, 6.07) is 2.03. The van der Waals surface area contributed by atoms with Gasteiger partial charge >= 0.3 is 0 Å². The zero-order valence-corrected chi connectivity index (χ0v) is 13.5. The summed E-state index contributed by atoms with van der Waals surface area (Å²) in [4.78, 5) is 12.9. The quantitative estimate of drug-likeness (QED) is 0.767. The SMILES string of the molecule is COc1cnc(NCc2cc3c(C)nn(C)c3nc2OC)nc1. The standard InChI is InChI=1S/C15H18N6O2/c1-9-12-5-10(14(23-4)19-13(12)21(2)20-9)6-16-15-17-7-11(22-3)8-18-15/h5,7-8H,6H2,1-4H3,(H,16,17,18). The fourth-order valence-corrected chi connectivity index (χ4v) is 2.36. The number of methoxy groups -OCH3 is 2. The molecule has 0 spiro atoms. The first-order valence-corrected chi connectivity index (χ1v) is 7.09. The van der Waals surface area contributed by atoms with Crippen molar-refractivity contribution in [3.63, 3.8) is 0 Å². The number of fused-ring (bicyclic) bond motifs is 1. The Bertz CT molecular complexity index is 828. The smallest absolute Gasteiger partial charge is 0.223 e. The zero-order chi connectivity index (χ0) is 16.4. The normalized spacial score (nSPS) is 10.8. The predicted molar refractivity (Wildman–Crippen MR) is 85.7 cm³/mol. The third kappa shape index (κ3) is 2.87. The van der Waals surface area contributed by atoms with E-state index in [2.05, 4.69) is 25.4 Å². The summed E-state index contributed by atoms with van der Waals surface area (Å²) >= 11 is 0. The van der Waals surface area contributed by atoms with E-state index in [0.717, 1.165) is 22.3 Å². The van der Waals surface area contributed by atoms with Crippen molar-refractivity contribution in [2.24, 2.45) is 7.05 Å². The predicted octanol–water partition coefficient (Wildman–Crippen LogP) is 1.70. The molecule has 0 atom stereocenters. The minimum atomic E-state index is 0.493. The number of hydrogen-bond acceptors (Lipinski definition) is 7. The van der Waals surface area contributed by atoms with Crippen LogP contribution in [0.1, 0.15) is 11.3 Å². The lowest BCUT2D eigenvalue weighted by molar-refractivity contribution is 0.394. The van der Waals surface area contributed by atoms with Crippen LogP contribution >= 0.6 is 0 Å². The Morgan fingerprint density at radius 1 is 1.17 bits per heavy atom. The minimum absolute atomic E-state index is 0.493. The molecule has 0 radical (unpaired) electrons. The maximum atomic E-state index is 5.39. The molecule has 3 aromatic heterocycles. The molecule has 0 aliphatic heterocycles. The van der Waals surface area contributed by atoms with E-state index in [1.165, 1.54) is 0 Å². The molecule has 3 rings (SSSR count). The number of pyridine rings is 1. The van der Waals surface area contributed by atoms with Crippen molar-refractivity contribution >= 4 is 17.0 Å². The van der Waals surface area contributed by atoms with E-state index in [-0.39, 0.29) is 0 Å². The highest BCUT2D eigenvalue weighted by Gasteiger charge is 2.13. The number of nitrogens with one attached hydrogen (secondary N) is 1. The maximum Gasteiger partial charge on any atom is 0.223 e. The number of rotatable bonds is 5. The van der Waals surface area contributed by atoms with Gasteiger partial charge in [-0.3, -0.25) is 4.68 Å². The monoisotopic (exact) mass is 314 g/mol. The van der Waals surface area contributed by atoms with Crippen LogP contribution in [0.2, 0.25) is 0 Å². The molecule has 0 aliphatic rings. The zero-order valence-electron chi connectivity index (χ0n) is 13.5. The number of ether oxygens (including phenoxy) is 2. The highest BCUT2D eigenvalue weighted by atomic mass is 16.5. The van der Waals surface area contributed by atoms with Gasteiger partial charge in [-0.05, 0) is 13.0 Å². The van der Waals surface area contributed by atoms with Gasteiger partial charge in [0.25, 0.3) is 0 Å². The molecule has 0 amide bonds. The third-order valence-electron chi connectivity index (χ3n) is 3.53. The van der Waals surface area contributed by atoms with Gasteiger partial charge in [-0.15, -0.1) is 0 Å². The van der Waals surface area contributed by atoms with Crippen LogP contribution in [0.4, 0.5) is 5.95 Å². The Labute approximate surface area is 133 Å². The minimum Gasteiger partial charge on any atom is -0.494 e. The molecule has 3 heterocycles. The second-order valence-corrected chi connectivity index (χ2v) is 5.04. The number of anilines is 1. The van der Waals surface area contributed by atoms with Gasteiger partial charge < -0.3 is 14.8 Å². The van der Waals surface area contributed by atoms with Crippen molar-refractivity contribution in [1.29, 1.82) is 0 Å². The number of hydrogen-bond donors (Lipinski definition) is 1. The fourth-order valence-electron chi connectivity index (χ4n) is 2.36. The van der Waals surface area contributed by atoms with Crippen molar-refractivity contribution in [1.82, 2.24) is 24.7 Å². The second kappa shape index (κ2) is 6.07. The molecule has 8 heteroatoms. The van der Waals surface area contributed by atoms with Crippen LogP contribution < -0.4 is 14.8 Å². The molecule has 0 aromatic carbocycles. The van der Waals surface area contributed by atoms with Crippen molar-refractivity contribution in [3.8, 4) is 11.6 Å². The van der Waals surface area contributed by atoms with E-state index >= 15 is 0 Å². The highest BCUT2D eigenvalue weighted by molar-refractivity contribution is 5.79. The highest BCUT2D eigenvalue weighted by Crippen LogP contribution is 2.24. The molecular formula is C15H18N6O2. The Morgan fingerprint density at radius 3 is 2.57 bits per heavy atom. The number of nitrogens with zero attached hydrogens (tertiary/aromatic N) is 5. The Hall–Kier alpha value is -2.90. The van der Waals surface area contributed by atoms with Crippen LogP contribution in [0.3, 0.4) is 0 Å². The first-order valence-electron chi connectivity index (χ1n) is 7.09. The van der Waals surface area contributed by atoms with E-state index in [4.69, 9.17) is 9.47 Å². The van der Waals surface area contributed by atoms with Crippen LogP contribution in [0.15, 0.2) is 18.5 Å². The molecule has 0 saturated carbocycles. The van der Waals surface area contributed by atoms with Crippen molar-refractivity contribution < 1.29 is 9.47 Å². The van der Waals surface area contributed by atoms with Crippen molar-refractivity contribution in [2.45, 2.75) is 13.5 Å². The van der Waals surface area contributed by atoms with E-state index in [1.54, 1.807) is 31.3 Å². The molecule has 23 heavy (non-hydrogen) atoms. The molecule has 8 nitrogen and oxygen atoms in total. The van der Waals surface area contributed by atoms with Crippen LogP contribution in [0, 0.1) is 6.92 Å². The van der Waals surface area contributed by atoms with Crippen molar-refractivity contribution in [3.05, 3.63) is 29.7 Å². The third-order valence-corrected chi connectivity index (χ3v) is 3.53. The molecule has 3 aromatic rings. The molecule has 1 N–H and O–H groups in total. The Balaban J connectivity index is 1.87. The average molecular weight is 314 g/mol. The van der Waals surface area contributed by atoms with Gasteiger partial charge in [0, 0.05) is 24.5 Å². The largest absolute Gasteiger partial charge is 0.494 e. The van der Waals surface area contributed by atoms with Crippen LogP contribution in [-0.4, -0.2) is 39.0 Å².